The van der Waals surface area contributed by atoms with Gasteiger partial charge in [-0.2, -0.15) is 10.2 Å². The fourth-order valence-electron chi connectivity index (χ4n) is 2.02. The van der Waals surface area contributed by atoms with Crippen molar-refractivity contribution in [2.24, 2.45) is 7.05 Å². The van der Waals surface area contributed by atoms with Crippen molar-refractivity contribution in [3.8, 4) is 0 Å². The van der Waals surface area contributed by atoms with Crippen LogP contribution in [0.5, 0.6) is 0 Å². The maximum atomic E-state index is 11.8. The molecule has 0 aliphatic carbocycles. The summed E-state index contributed by atoms with van der Waals surface area (Å²) in [6.45, 7) is 4.16. The Morgan fingerprint density at radius 2 is 2.14 bits per heavy atom. The highest BCUT2D eigenvalue weighted by Crippen LogP contribution is 2.15. The van der Waals surface area contributed by atoms with Crippen LogP contribution >= 0.6 is 0 Å². The van der Waals surface area contributed by atoms with Crippen molar-refractivity contribution >= 4 is 11.6 Å². The van der Waals surface area contributed by atoms with Crippen LogP contribution in [0.4, 0.5) is 5.69 Å². The van der Waals surface area contributed by atoms with Gasteiger partial charge in [0.1, 0.15) is 11.9 Å². The summed E-state index contributed by atoms with van der Waals surface area (Å²) in [7, 11) is 1.84. The second-order valence-electron chi connectivity index (χ2n) is 5.05. The van der Waals surface area contributed by atoms with E-state index in [1.807, 2.05) is 20.0 Å². The van der Waals surface area contributed by atoms with Crippen LogP contribution in [0.2, 0.25) is 0 Å². The van der Waals surface area contributed by atoms with E-state index < -0.39 is 4.92 Å². The number of amides is 1. The minimum atomic E-state index is -0.484. The lowest BCUT2D eigenvalue weighted by atomic mass is 10.3. The summed E-state index contributed by atoms with van der Waals surface area (Å²) in [6, 6.07) is 1.90. The van der Waals surface area contributed by atoms with E-state index in [2.05, 4.69) is 15.5 Å². The third kappa shape index (κ3) is 3.68. The Bertz CT molecular complexity index is 683. The smallest absolute Gasteiger partial charge is 0.309 e. The molecule has 0 saturated heterocycles. The molecule has 2 rings (SSSR count). The maximum absolute atomic E-state index is 11.8. The van der Waals surface area contributed by atoms with Crippen molar-refractivity contribution in [1.29, 1.82) is 0 Å². The van der Waals surface area contributed by atoms with E-state index in [1.54, 1.807) is 11.6 Å². The highest BCUT2D eigenvalue weighted by Gasteiger charge is 2.15. The zero-order valence-electron chi connectivity index (χ0n) is 12.7. The molecule has 2 heterocycles. The maximum Gasteiger partial charge on any atom is 0.309 e. The molecule has 0 aromatic carbocycles. The van der Waals surface area contributed by atoms with E-state index in [1.165, 1.54) is 10.9 Å². The number of hydrogen-bond donors (Lipinski definition) is 1. The van der Waals surface area contributed by atoms with Gasteiger partial charge in [-0.15, -0.1) is 0 Å². The average Bonchev–Trinajstić information content (AvgIpc) is 2.97. The minimum absolute atomic E-state index is 0.0376. The molecular formula is C13H18N6O3. The Hall–Kier alpha value is -2.71. The monoisotopic (exact) mass is 306 g/mol. The first-order valence-corrected chi connectivity index (χ1v) is 6.81. The van der Waals surface area contributed by atoms with Crippen molar-refractivity contribution < 1.29 is 9.72 Å². The van der Waals surface area contributed by atoms with Crippen molar-refractivity contribution in [3.05, 3.63) is 39.5 Å². The number of carbonyl (C=O) groups excluding carboxylic acids is 1. The third-order valence-corrected chi connectivity index (χ3v) is 3.32. The summed E-state index contributed by atoms with van der Waals surface area (Å²) in [4.78, 5) is 22.0. The average molecular weight is 306 g/mol. The van der Waals surface area contributed by atoms with Gasteiger partial charge in [-0.1, -0.05) is 0 Å². The van der Waals surface area contributed by atoms with E-state index in [9.17, 15) is 14.9 Å². The molecule has 0 fully saturated rings. The molecule has 0 unspecified atom stereocenters. The first-order valence-electron chi connectivity index (χ1n) is 6.81. The Balaban J connectivity index is 1.82. The van der Waals surface area contributed by atoms with Gasteiger partial charge in [0, 0.05) is 25.7 Å². The van der Waals surface area contributed by atoms with Crippen molar-refractivity contribution in [1.82, 2.24) is 24.9 Å². The number of aryl methyl sites for hydroxylation is 4. The van der Waals surface area contributed by atoms with Crippen molar-refractivity contribution in [3.63, 3.8) is 0 Å². The van der Waals surface area contributed by atoms with E-state index in [4.69, 9.17) is 0 Å². The van der Waals surface area contributed by atoms with E-state index in [0.29, 0.717) is 18.8 Å². The Morgan fingerprint density at radius 3 is 2.68 bits per heavy atom. The Kier molecular flexibility index (Phi) is 4.54. The topological polar surface area (TPSA) is 108 Å². The van der Waals surface area contributed by atoms with E-state index >= 15 is 0 Å². The molecule has 0 bridgehead atoms. The van der Waals surface area contributed by atoms with Crippen LogP contribution < -0.4 is 5.32 Å². The zero-order valence-corrected chi connectivity index (χ0v) is 12.7. The highest BCUT2D eigenvalue weighted by atomic mass is 16.6. The SMILES string of the molecule is Cc1nn(CCC(=O)NCc2cc(C)n(C)n2)cc1[N+](=O)[O-]. The van der Waals surface area contributed by atoms with Gasteiger partial charge in [0.2, 0.25) is 5.91 Å². The summed E-state index contributed by atoms with van der Waals surface area (Å²) in [6.07, 6.45) is 1.54. The predicted molar refractivity (Wildman–Crippen MR) is 78.0 cm³/mol. The molecule has 1 N–H and O–H groups in total. The number of rotatable bonds is 6. The lowest BCUT2D eigenvalue weighted by Gasteiger charge is -2.03. The van der Waals surface area contributed by atoms with Crippen LogP contribution in [-0.4, -0.2) is 30.4 Å². The molecule has 0 radical (unpaired) electrons. The number of aromatic nitrogens is 4. The standard InChI is InChI=1S/C13H18N6O3/c1-9-6-11(16-17(9)3)7-14-13(20)4-5-18-8-12(19(21)22)10(2)15-18/h6,8H,4-5,7H2,1-3H3,(H,14,20). The summed E-state index contributed by atoms with van der Waals surface area (Å²) < 4.78 is 3.16. The van der Waals surface area contributed by atoms with Crippen LogP contribution in [0.25, 0.3) is 0 Å². The molecule has 22 heavy (non-hydrogen) atoms. The summed E-state index contributed by atoms with van der Waals surface area (Å²) in [5.41, 5.74) is 2.11. The largest absolute Gasteiger partial charge is 0.350 e. The van der Waals surface area contributed by atoms with Crippen LogP contribution in [0.3, 0.4) is 0 Å². The molecule has 2 aromatic rings. The molecule has 0 spiro atoms. The lowest BCUT2D eigenvalue weighted by Crippen LogP contribution is -2.24. The Labute approximate surface area is 127 Å². The number of hydrogen-bond acceptors (Lipinski definition) is 5. The molecule has 2 aromatic heterocycles. The second kappa shape index (κ2) is 6.37. The number of nitrogens with zero attached hydrogens (tertiary/aromatic N) is 5. The van der Waals surface area contributed by atoms with Gasteiger partial charge < -0.3 is 5.32 Å². The third-order valence-electron chi connectivity index (χ3n) is 3.32. The normalized spacial score (nSPS) is 10.7. The van der Waals surface area contributed by atoms with Gasteiger partial charge in [-0.25, -0.2) is 0 Å². The van der Waals surface area contributed by atoms with Crippen LogP contribution in [0.1, 0.15) is 23.5 Å². The summed E-state index contributed by atoms with van der Waals surface area (Å²) >= 11 is 0. The van der Waals surface area contributed by atoms with Gasteiger partial charge in [0.25, 0.3) is 0 Å². The number of nitrogens with one attached hydrogen (secondary N) is 1. The van der Waals surface area contributed by atoms with Crippen LogP contribution in [0.15, 0.2) is 12.3 Å². The summed E-state index contributed by atoms with van der Waals surface area (Å²) in [5.74, 6) is -0.154. The van der Waals surface area contributed by atoms with Gasteiger partial charge in [-0.05, 0) is 19.9 Å². The van der Waals surface area contributed by atoms with Gasteiger partial charge in [0.05, 0.1) is 17.2 Å². The van der Waals surface area contributed by atoms with E-state index in [-0.39, 0.29) is 18.0 Å². The lowest BCUT2D eigenvalue weighted by molar-refractivity contribution is -0.385. The van der Waals surface area contributed by atoms with E-state index in [0.717, 1.165) is 11.4 Å². The van der Waals surface area contributed by atoms with Crippen molar-refractivity contribution in [2.45, 2.75) is 33.4 Å². The van der Waals surface area contributed by atoms with Gasteiger partial charge in [-0.3, -0.25) is 24.3 Å². The van der Waals surface area contributed by atoms with Gasteiger partial charge >= 0.3 is 5.69 Å². The van der Waals surface area contributed by atoms with Crippen molar-refractivity contribution in [2.75, 3.05) is 0 Å². The first kappa shape index (κ1) is 15.7. The molecule has 9 nitrogen and oxygen atoms in total. The molecule has 0 atom stereocenters. The quantitative estimate of drug-likeness (QED) is 0.628. The molecular weight excluding hydrogens is 288 g/mol. The fourth-order valence-corrected chi connectivity index (χ4v) is 2.02. The Morgan fingerprint density at radius 1 is 1.41 bits per heavy atom. The minimum Gasteiger partial charge on any atom is -0.350 e. The number of carbonyl (C=O) groups is 1. The highest BCUT2D eigenvalue weighted by molar-refractivity contribution is 5.75. The molecule has 0 aliphatic rings. The molecule has 1 amide bonds. The number of nitro groups is 1. The zero-order chi connectivity index (χ0) is 16.3. The van der Waals surface area contributed by atoms with Crippen LogP contribution in [0, 0.1) is 24.0 Å². The predicted octanol–water partition coefficient (Wildman–Crippen LogP) is 0.848. The molecule has 0 aliphatic heterocycles. The second-order valence-corrected chi connectivity index (χ2v) is 5.05. The van der Waals surface area contributed by atoms with Gasteiger partial charge in [0.15, 0.2) is 0 Å². The molecule has 118 valence electrons. The molecule has 0 saturated carbocycles. The first-order chi connectivity index (χ1) is 10.4. The van der Waals surface area contributed by atoms with Crippen LogP contribution in [-0.2, 0) is 24.9 Å². The fraction of sp³-hybridized carbons (Fsp3) is 0.462. The molecule has 9 heteroatoms. The summed E-state index contributed by atoms with van der Waals surface area (Å²) in [5, 5.41) is 21.8.